The first-order chi connectivity index (χ1) is 16.0. The number of anilines is 1. The number of hydrogen-bond donors (Lipinski definition) is 4. The molecule has 4 rings (SSSR count). The van der Waals surface area contributed by atoms with Gasteiger partial charge in [-0.05, 0) is 48.7 Å². The molecule has 1 amide bonds. The van der Waals surface area contributed by atoms with E-state index in [1.165, 1.54) is 0 Å². The molecule has 0 bridgehead atoms. The van der Waals surface area contributed by atoms with E-state index in [0.29, 0.717) is 24.2 Å². The van der Waals surface area contributed by atoms with E-state index >= 15 is 0 Å². The zero-order valence-corrected chi connectivity index (χ0v) is 18.6. The van der Waals surface area contributed by atoms with Crippen LogP contribution in [0, 0.1) is 0 Å². The van der Waals surface area contributed by atoms with Gasteiger partial charge < -0.3 is 21.1 Å². The number of alkyl halides is 3. The number of fused-ring (bicyclic) bond motifs is 1. The lowest BCUT2D eigenvalue weighted by molar-refractivity contribution is -0.192. The molecule has 1 unspecified atom stereocenters. The number of aliphatic carboxylic acids is 1. The highest BCUT2D eigenvalue weighted by molar-refractivity contribution is 6.30. The molecule has 1 aliphatic heterocycles. The number of hydrogen-bond acceptors (Lipinski definition) is 5. The topological polar surface area (TPSA) is 124 Å². The first-order valence-electron chi connectivity index (χ1n) is 10.3. The fourth-order valence-electron chi connectivity index (χ4n) is 3.55. The maximum absolute atomic E-state index is 12.7. The number of nitrogens with one attached hydrogen (secondary N) is 2. The second-order valence-electron chi connectivity index (χ2n) is 7.75. The molecule has 1 aliphatic rings. The average molecular weight is 498 g/mol. The van der Waals surface area contributed by atoms with E-state index in [1.54, 1.807) is 12.1 Å². The fourth-order valence-corrected chi connectivity index (χ4v) is 3.75. The number of amides is 1. The van der Waals surface area contributed by atoms with Crippen molar-refractivity contribution in [3.05, 3.63) is 59.2 Å². The van der Waals surface area contributed by atoms with Gasteiger partial charge in [0.25, 0.3) is 0 Å². The van der Waals surface area contributed by atoms with Gasteiger partial charge in [0.2, 0.25) is 5.91 Å². The summed E-state index contributed by atoms with van der Waals surface area (Å²) in [5.41, 5.74) is 9.01. The Labute approximate surface area is 197 Å². The Balaban J connectivity index is 0.000000406. The molecule has 34 heavy (non-hydrogen) atoms. The van der Waals surface area contributed by atoms with Crippen LogP contribution < -0.4 is 11.1 Å². The highest BCUT2D eigenvalue weighted by Gasteiger charge is 2.38. The Kier molecular flexibility index (Phi) is 8.00. The summed E-state index contributed by atoms with van der Waals surface area (Å²) in [7, 11) is 0. The molecular formula is C22H23ClF3N5O3. The SMILES string of the molecule is NC(C(=O)N1CCC(Nc2ccc3[nH]ncc3c2)CC1)c1cccc(Cl)c1.O=C(O)C(F)(F)F. The number of benzene rings is 2. The van der Waals surface area contributed by atoms with Gasteiger partial charge in [-0.1, -0.05) is 23.7 Å². The van der Waals surface area contributed by atoms with E-state index in [-0.39, 0.29) is 5.91 Å². The molecule has 0 radical (unpaired) electrons. The van der Waals surface area contributed by atoms with Crippen molar-refractivity contribution in [3.8, 4) is 0 Å². The number of likely N-dealkylation sites (tertiary alicyclic amines) is 1. The van der Waals surface area contributed by atoms with E-state index in [1.807, 2.05) is 35.4 Å². The third kappa shape index (κ3) is 6.61. The molecule has 2 aromatic carbocycles. The molecule has 1 atom stereocenters. The second-order valence-corrected chi connectivity index (χ2v) is 8.19. The van der Waals surface area contributed by atoms with Gasteiger partial charge in [0, 0.05) is 35.2 Å². The number of H-pyrrole nitrogens is 1. The number of halogens is 4. The van der Waals surface area contributed by atoms with Gasteiger partial charge in [0.05, 0.1) is 11.7 Å². The normalized spacial score (nSPS) is 15.4. The molecule has 3 aromatic rings. The number of rotatable bonds is 4. The molecule has 1 fully saturated rings. The Morgan fingerprint density at radius 3 is 2.50 bits per heavy atom. The monoisotopic (exact) mass is 497 g/mol. The smallest absolute Gasteiger partial charge is 0.475 e. The third-order valence-corrected chi connectivity index (χ3v) is 5.57. The standard InChI is InChI=1S/C20H22ClN5O.C2HF3O2/c21-15-3-1-2-13(10-15)19(22)20(27)26-8-6-16(7-9-26)24-17-4-5-18-14(11-17)12-23-25-18;3-2(4,5)1(6)7/h1-5,10-12,16,19,24H,6-9,22H2,(H,23,25);(H,6,7). The molecule has 8 nitrogen and oxygen atoms in total. The number of carbonyl (C=O) groups excluding carboxylic acids is 1. The van der Waals surface area contributed by atoms with Crippen LogP contribution in [-0.4, -0.2) is 57.4 Å². The van der Waals surface area contributed by atoms with E-state index in [4.69, 9.17) is 27.2 Å². The molecule has 1 saturated heterocycles. The summed E-state index contributed by atoms with van der Waals surface area (Å²) < 4.78 is 31.7. The summed E-state index contributed by atoms with van der Waals surface area (Å²) in [5, 5.41) is 19.4. The second kappa shape index (κ2) is 10.7. The lowest BCUT2D eigenvalue weighted by atomic mass is 10.0. The fraction of sp³-hybridized carbons (Fsp3) is 0.318. The van der Waals surface area contributed by atoms with E-state index in [0.717, 1.165) is 35.0 Å². The van der Waals surface area contributed by atoms with Crippen LogP contribution >= 0.6 is 11.6 Å². The number of carboxylic acids is 1. The van der Waals surface area contributed by atoms with E-state index in [2.05, 4.69) is 21.6 Å². The molecule has 182 valence electrons. The molecule has 2 heterocycles. The van der Waals surface area contributed by atoms with E-state index in [9.17, 15) is 18.0 Å². The number of carbonyl (C=O) groups is 2. The van der Waals surface area contributed by atoms with Crippen LogP contribution in [0.1, 0.15) is 24.4 Å². The molecule has 0 aliphatic carbocycles. The number of aromatic nitrogens is 2. The van der Waals surface area contributed by atoms with Crippen molar-refractivity contribution in [2.75, 3.05) is 18.4 Å². The highest BCUT2D eigenvalue weighted by atomic mass is 35.5. The van der Waals surface area contributed by atoms with Gasteiger partial charge in [0.15, 0.2) is 0 Å². The Hall–Kier alpha value is -3.31. The van der Waals surface area contributed by atoms with Crippen LogP contribution in [0.3, 0.4) is 0 Å². The average Bonchev–Trinajstić information content (AvgIpc) is 3.26. The minimum absolute atomic E-state index is 0.0458. The highest BCUT2D eigenvalue weighted by Crippen LogP contribution is 2.23. The lowest BCUT2D eigenvalue weighted by Gasteiger charge is -2.34. The maximum Gasteiger partial charge on any atom is 0.490 e. The Bertz CT molecular complexity index is 1150. The molecule has 0 saturated carbocycles. The molecule has 12 heteroatoms. The van der Waals surface area contributed by atoms with Crippen LogP contribution in [0.2, 0.25) is 5.02 Å². The number of nitrogens with two attached hydrogens (primary N) is 1. The van der Waals surface area contributed by atoms with Crippen LogP contribution in [0.25, 0.3) is 10.9 Å². The third-order valence-electron chi connectivity index (χ3n) is 5.33. The Morgan fingerprint density at radius 1 is 1.21 bits per heavy atom. The number of aromatic amines is 1. The number of piperidine rings is 1. The number of carboxylic acid groups (broad SMARTS) is 1. The minimum Gasteiger partial charge on any atom is -0.475 e. The van der Waals surface area contributed by atoms with Crippen molar-refractivity contribution in [3.63, 3.8) is 0 Å². The first kappa shape index (κ1) is 25.3. The quantitative estimate of drug-likeness (QED) is 0.432. The molecule has 5 N–H and O–H groups in total. The van der Waals surface area contributed by atoms with Gasteiger partial charge in [-0.3, -0.25) is 9.89 Å². The van der Waals surface area contributed by atoms with E-state index < -0.39 is 18.2 Å². The first-order valence-corrected chi connectivity index (χ1v) is 10.7. The van der Waals surface area contributed by atoms with Crippen molar-refractivity contribution in [2.24, 2.45) is 5.73 Å². The van der Waals surface area contributed by atoms with Gasteiger partial charge in [0.1, 0.15) is 6.04 Å². The summed E-state index contributed by atoms with van der Waals surface area (Å²) in [6.07, 6.45) is -1.49. The summed E-state index contributed by atoms with van der Waals surface area (Å²) in [6.45, 7) is 1.39. The van der Waals surface area contributed by atoms with Gasteiger partial charge in [-0.2, -0.15) is 18.3 Å². The summed E-state index contributed by atoms with van der Waals surface area (Å²) >= 11 is 6.01. The maximum atomic E-state index is 12.7. The van der Waals surface area contributed by atoms with Crippen LogP contribution in [0.4, 0.5) is 18.9 Å². The van der Waals surface area contributed by atoms with Gasteiger partial charge in [-0.15, -0.1) is 0 Å². The van der Waals surface area contributed by atoms with Gasteiger partial charge >= 0.3 is 12.1 Å². The van der Waals surface area contributed by atoms with Crippen molar-refractivity contribution >= 4 is 40.1 Å². The largest absolute Gasteiger partial charge is 0.490 e. The summed E-state index contributed by atoms with van der Waals surface area (Å²) in [5.74, 6) is -2.80. The van der Waals surface area contributed by atoms with Crippen molar-refractivity contribution < 1.29 is 27.9 Å². The summed E-state index contributed by atoms with van der Waals surface area (Å²) in [4.78, 5) is 23.5. The Morgan fingerprint density at radius 2 is 1.88 bits per heavy atom. The lowest BCUT2D eigenvalue weighted by Crippen LogP contribution is -2.45. The predicted octanol–water partition coefficient (Wildman–Crippen LogP) is 3.95. The van der Waals surface area contributed by atoms with Crippen molar-refractivity contribution in [1.29, 1.82) is 0 Å². The summed E-state index contributed by atoms with van der Waals surface area (Å²) in [6, 6.07) is 13.0. The zero-order chi connectivity index (χ0) is 24.9. The number of nitrogens with zero attached hydrogens (tertiary/aromatic N) is 2. The molecule has 0 spiro atoms. The minimum atomic E-state index is -5.08. The molecular weight excluding hydrogens is 475 g/mol. The van der Waals surface area contributed by atoms with Crippen molar-refractivity contribution in [2.45, 2.75) is 31.1 Å². The van der Waals surface area contributed by atoms with Crippen LogP contribution in [-0.2, 0) is 9.59 Å². The van der Waals surface area contributed by atoms with Crippen LogP contribution in [0.15, 0.2) is 48.7 Å². The molecule has 1 aromatic heterocycles. The van der Waals surface area contributed by atoms with Crippen molar-refractivity contribution in [1.82, 2.24) is 15.1 Å². The van der Waals surface area contributed by atoms with Gasteiger partial charge in [-0.25, -0.2) is 4.79 Å². The zero-order valence-electron chi connectivity index (χ0n) is 17.8. The predicted molar refractivity (Wildman–Crippen MR) is 121 cm³/mol. The van der Waals surface area contributed by atoms with Crippen LogP contribution in [0.5, 0.6) is 0 Å².